The van der Waals surface area contributed by atoms with Crippen molar-refractivity contribution in [2.45, 2.75) is 20.0 Å². The van der Waals surface area contributed by atoms with E-state index in [1.54, 1.807) is 18.2 Å². The van der Waals surface area contributed by atoms with Gasteiger partial charge in [0.25, 0.3) is 0 Å². The Hall–Kier alpha value is -2.93. The van der Waals surface area contributed by atoms with Crippen LogP contribution in [0.4, 0.5) is 10.1 Å². The van der Waals surface area contributed by atoms with E-state index in [4.69, 9.17) is 9.47 Å². The van der Waals surface area contributed by atoms with Crippen molar-refractivity contribution in [3.8, 4) is 11.5 Å². The van der Waals surface area contributed by atoms with Crippen LogP contribution in [0, 0.1) is 5.82 Å². The molecule has 1 aromatic heterocycles. The first-order valence-electron chi connectivity index (χ1n) is 8.47. The van der Waals surface area contributed by atoms with Crippen molar-refractivity contribution in [1.29, 1.82) is 0 Å². The van der Waals surface area contributed by atoms with E-state index < -0.39 is 0 Å². The Morgan fingerprint density at radius 3 is 2.70 bits per heavy atom. The number of rotatable bonds is 8. The van der Waals surface area contributed by atoms with Gasteiger partial charge in [0.2, 0.25) is 5.91 Å². The van der Waals surface area contributed by atoms with Crippen LogP contribution >= 0.6 is 11.3 Å². The number of aromatic nitrogens is 1. The number of anilines is 1. The molecule has 0 fully saturated rings. The third kappa shape index (κ3) is 5.52. The second-order valence-electron chi connectivity index (χ2n) is 5.63. The fraction of sp³-hybridized carbons (Fsp3) is 0.200. The lowest BCUT2D eigenvalue weighted by Crippen LogP contribution is -2.15. The second-order valence-corrected chi connectivity index (χ2v) is 6.57. The van der Waals surface area contributed by atoms with Gasteiger partial charge in [-0.3, -0.25) is 4.79 Å². The fourth-order valence-corrected chi connectivity index (χ4v) is 3.09. The first-order valence-corrected chi connectivity index (χ1v) is 9.35. The van der Waals surface area contributed by atoms with Crippen LogP contribution in [0.2, 0.25) is 0 Å². The van der Waals surface area contributed by atoms with Crippen molar-refractivity contribution in [1.82, 2.24) is 4.98 Å². The van der Waals surface area contributed by atoms with Gasteiger partial charge in [-0.2, -0.15) is 0 Å². The minimum atomic E-state index is -0.309. The zero-order valence-electron chi connectivity index (χ0n) is 14.8. The summed E-state index contributed by atoms with van der Waals surface area (Å²) in [5.74, 6) is 0.729. The second kappa shape index (κ2) is 9.14. The Labute approximate surface area is 160 Å². The predicted octanol–water partition coefficient (Wildman–Crippen LogP) is 4.44. The van der Waals surface area contributed by atoms with Gasteiger partial charge in [0.15, 0.2) is 0 Å². The standard InChI is InChI=1S/C20H19FN2O3S/c1-2-25-18-6-4-3-5-17(18)23-19(24)11-15-13-27-20(22-15)12-26-16-9-7-14(21)8-10-16/h3-10,13H,2,11-12H2,1H3,(H,23,24). The number of nitrogens with zero attached hydrogens (tertiary/aromatic N) is 1. The molecule has 1 amide bonds. The topological polar surface area (TPSA) is 60.5 Å². The average Bonchev–Trinajstić information content (AvgIpc) is 3.10. The molecule has 0 aliphatic carbocycles. The van der Waals surface area contributed by atoms with Crippen LogP contribution in [-0.4, -0.2) is 17.5 Å². The van der Waals surface area contributed by atoms with Crippen LogP contribution in [0.15, 0.2) is 53.9 Å². The maximum Gasteiger partial charge on any atom is 0.230 e. The van der Waals surface area contributed by atoms with Crippen molar-refractivity contribution in [2.75, 3.05) is 11.9 Å². The number of nitrogens with one attached hydrogen (secondary N) is 1. The molecule has 3 aromatic rings. The first-order chi connectivity index (χ1) is 13.1. The number of amides is 1. The van der Waals surface area contributed by atoms with Crippen molar-refractivity contribution in [3.63, 3.8) is 0 Å². The number of carbonyl (C=O) groups is 1. The van der Waals surface area contributed by atoms with E-state index in [1.165, 1.54) is 23.5 Å². The molecule has 0 saturated carbocycles. The Bertz CT molecular complexity index is 896. The summed E-state index contributed by atoms with van der Waals surface area (Å²) < 4.78 is 24.0. The molecule has 0 aliphatic rings. The highest BCUT2D eigenvalue weighted by atomic mass is 32.1. The number of carbonyl (C=O) groups excluding carboxylic acids is 1. The maximum absolute atomic E-state index is 12.9. The van der Waals surface area contributed by atoms with Crippen LogP contribution in [0.25, 0.3) is 0 Å². The third-order valence-corrected chi connectivity index (χ3v) is 4.45. The van der Waals surface area contributed by atoms with Crippen molar-refractivity contribution in [3.05, 3.63) is 70.4 Å². The van der Waals surface area contributed by atoms with Gasteiger partial charge in [-0.15, -0.1) is 11.3 Å². The van der Waals surface area contributed by atoms with Gasteiger partial charge < -0.3 is 14.8 Å². The largest absolute Gasteiger partial charge is 0.492 e. The molecule has 5 nitrogen and oxygen atoms in total. The van der Waals surface area contributed by atoms with E-state index in [0.717, 1.165) is 5.01 Å². The maximum atomic E-state index is 12.9. The molecule has 7 heteroatoms. The molecule has 0 aliphatic heterocycles. The summed E-state index contributed by atoms with van der Waals surface area (Å²) in [6.07, 6.45) is 0.160. The highest BCUT2D eigenvalue weighted by Crippen LogP contribution is 2.24. The van der Waals surface area contributed by atoms with E-state index >= 15 is 0 Å². The summed E-state index contributed by atoms with van der Waals surface area (Å²) in [7, 11) is 0. The third-order valence-electron chi connectivity index (χ3n) is 3.58. The van der Waals surface area contributed by atoms with Crippen LogP contribution in [0.5, 0.6) is 11.5 Å². The predicted molar refractivity (Wildman–Crippen MR) is 103 cm³/mol. The van der Waals surface area contributed by atoms with Gasteiger partial charge in [0.1, 0.15) is 28.9 Å². The summed E-state index contributed by atoms with van der Waals surface area (Å²) in [5, 5.41) is 5.43. The first kappa shape index (κ1) is 18.8. The molecular formula is C20H19FN2O3S. The van der Waals surface area contributed by atoms with Crippen LogP contribution < -0.4 is 14.8 Å². The Morgan fingerprint density at radius 2 is 1.93 bits per heavy atom. The van der Waals surface area contributed by atoms with Crippen molar-refractivity contribution < 1.29 is 18.7 Å². The summed E-state index contributed by atoms with van der Waals surface area (Å²) in [6.45, 7) is 2.69. The number of thiazole rings is 1. The number of halogens is 1. The molecule has 1 N–H and O–H groups in total. The number of para-hydroxylation sites is 2. The summed E-state index contributed by atoms with van der Waals surface area (Å²) in [5.41, 5.74) is 1.31. The lowest BCUT2D eigenvalue weighted by Gasteiger charge is -2.10. The van der Waals surface area contributed by atoms with E-state index in [-0.39, 0.29) is 24.8 Å². The van der Waals surface area contributed by atoms with Gasteiger partial charge >= 0.3 is 0 Å². The SMILES string of the molecule is CCOc1ccccc1NC(=O)Cc1csc(COc2ccc(F)cc2)n1. The lowest BCUT2D eigenvalue weighted by molar-refractivity contribution is -0.115. The molecule has 3 rings (SSSR count). The van der Waals surface area contributed by atoms with Crippen LogP contribution in [0.1, 0.15) is 17.6 Å². The lowest BCUT2D eigenvalue weighted by atomic mass is 10.2. The quantitative estimate of drug-likeness (QED) is 0.622. The zero-order chi connectivity index (χ0) is 19.1. The molecule has 1 heterocycles. The van der Waals surface area contributed by atoms with Crippen LogP contribution in [-0.2, 0) is 17.8 Å². The van der Waals surface area contributed by atoms with Gasteiger partial charge in [-0.05, 0) is 43.3 Å². The molecule has 140 valence electrons. The van der Waals surface area contributed by atoms with Gasteiger partial charge in [-0.1, -0.05) is 12.1 Å². The molecule has 0 unspecified atom stereocenters. The number of hydrogen-bond acceptors (Lipinski definition) is 5. The minimum Gasteiger partial charge on any atom is -0.492 e. The van der Waals surface area contributed by atoms with E-state index in [0.29, 0.717) is 29.5 Å². The van der Waals surface area contributed by atoms with E-state index in [1.807, 2.05) is 30.5 Å². The van der Waals surface area contributed by atoms with E-state index in [2.05, 4.69) is 10.3 Å². The molecule has 27 heavy (non-hydrogen) atoms. The highest BCUT2D eigenvalue weighted by Gasteiger charge is 2.11. The smallest absolute Gasteiger partial charge is 0.230 e. The van der Waals surface area contributed by atoms with Gasteiger partial charge in [0.05, 0.1) is 24.4 Å². The fourth-order valence-electron chi connectivity index (χ4n) is 2.38. The Balaban J connectivity index is 1.54. The van der Waals surface area contributed by atoms with Crippen LogP contribution in [0.3, 0.4) is 0 Å². The normalized spacial score (nSPS) is 10.4. The highest BCUT2D eigenvalue weighted by molar-refractivity contribution is 7.09. The number of hydrogen-bond donors (Lipinski definition) is 1. The van der Waals surface area contributed by atoms with Crippen molar-refractivity contribution >= 4 is 22.9 Å². The Kier molecular flexibility index (Phi) is 6.38. The van der Waals surface area contributed by atoms with Crippen molar-refractivity contribution in [2.24, 2.45) is 0 Å². The minimum absolute atomic E-state index is 0.160. The average molecular weight is 386 g/mol. The Morgan fingerprint density at radius 1 is 1.15 bits per heavy atom. The molecular weight excluding hydrogens is 367 g/mol. The molecule has 0 radical (unpaired) electrons. The van der Waals surface area contributed by atoms with E-state index in [9.17, 15) is 9.18 Å². The monoisotopic (exact) mass is 386 g/mol. The number of benzene rings is 2. The summed E-state index contributed by atoms with van der Waals surface area (Å²) in [6, 6.07) is 13.1. The molecule has 0 spiro atoms. The summed E-state index contributed by atoms with van der Waals surface area (Å²) in [4.78, 5) is 16.7. The molecule has 0 bridgehead atoms. The summed E-state index contributed by atoms with van der Waals surface area (Å²) >= 11 is 1.42. The molecule has 2 aromatic carbocycles. The molecule has 0 atom stereocenters. The molecule has 0 saturated heterocycles. The van der Waals surface area contributed by atoms with Gasteiger partial charge in [-0.25, -0.2) is 9.37 Å². The van der Waals surface area contributed by atoms with Gasteiger partial charge in [0, 0.05) is 5.38 Å². The zero-order valence-corrected chi connectivity index (χ0v) is 15.6. The number of ether oxygens (including phenoxy) is 2.